The predicted octanol–water partition coefficient (Wildman–Crippen LogP) is 18.5. The maximum atomic E-state index is 2.57. The summed E-state index contributed by atoms with van der Waals surface area (Å²) in [4.78, 5) is 2.57. The molecule has 0 N–H and O–H groups in total. The topological polar surface area (TPSA) is 3.24 Å². The van der Waals surface area contributed by atoms with E-state index >= 15 is 0 Å². The predicted molar refractivity (Wildman–Crippen MR) is 298 cm³/mol. The summed E-state index contributed by atoms with van der Waals surface area (Å²) in [6.45, 7) is 4.71. The zero-order chi connectivity index (χ0) is 47.5. The van der Waals surface area contributed by atoms with Gasteiger partial charge in [-0.05, 0) is 119 Å². The Labute approximate surface area is 417 Å². The minimum Gasteiger partial charge on any atom is -0.309 e. The quantitative estimate of drug-likeness (QED) is 0.139. The van der Waals surface area contributed by atoms with Gasteiger partial charge in [0.1, 0.15) is 0 Å². The van der Waals surface area contributed by atoms with Gasteiger partial charge in [-0.2, -0.15) is 0 Å². The third kappa shape index (κ3) is 6.68. The second kappa shape index (κ2) is 17.0. The summed E-state index contributed by atoms with van der Waals surface area (Å²) in [5.74, 6) is 0. The molecule has 0 atom stereocenters. The minimum atomic E-state index is -0.568. The lowest BCUT2D eigenvalue weighted by atomic mass is 9.68. The van der Waals surface area contributed by atoms with Crippen molar-refractivity contribution in [2.75, 3.05) is 4.90 Å². The molecule has 0 saturated heterocycles. The summed E-state index contributed by atoms with van der Waals surface area (Å²) in [5, 5.41) is 0. The maximum absolute atomic E-state index is 2.57. The number of hydrogen-bond acceptors (Lipinski definition) is 1. The average molecular weight is 906 g/mol. The second-order valence-electron chi connectivity index (χ2n) is 19.5. The Kier molecular flexibility index (Phi) is 10.1. The fourth-order valence-corrected chi connectivity index (χ4v) is 12.2. The number of hydrogen-bond donors (Lipinski definition) is 0. The molecule has 0 saturated carbocycles. The molecule has 0 fully saturated rings. The van der Waals surface area contributed by atoms with Gasteiger partial charge in [-0.1, -0.05) is 257 Å². The van der Waals surface area contributed by atoms with Gasteiger partial charge in [0.15, 0.2) is 0 Å². The molecule has 1 heteroatoms. The van der Waals surface area contributed by atoms with Crippen molar-refractivity contribution in [1.29, 1.82) is 0 Å². The Morgan fingerprint density at radius 2 is 0.718 bits per heavy atom. The van der Waals surface area contributed by atoms with E-state index in [4.69, 9.17) is 0 Å². The lowest BCUT2D eigenvalue weighted by Crippen LogP contribution is -2.28. The third-order valence-electron chi connectivity index (χ3n) is 15.4. The molecule has 13 rings (SSSR count). The fourth-order valence-electron chi connectivity index (χ4n) is 12.2. The highest BCUT2D eigenvalue weighted by atomic mass is 15.1. The van der Waals surface area contributed by atoms with E-state index < -0.39 is 5.41 Å². The zero-order valence-corrected chi connectivity index (χ0v) is 39.9. The first kappa shape index (κ1) is 42.3. The van der Waals surface area contributed by atoms with Gasteiger partial charge in [-0.25, -0.2) is 0 Å². The molecule has 0 aromatic heterocycles. The summed E-state index contributed by atoms with van der Waals surface area (Å²) in [6, 6.07) is 101. The van der Waals surface area contributed by atoms with Crippen molar-refractivity contribution in [3.05, 3.63) is 306 Å². The van der Waals surface area contributed by atoms with E-state index in [0.29, 0.717) is 0 Å². The molecular formula is C70H51N. The van der Waals surface area contributed by atoms with E-state index in [1.54, 1.807) is 0 Å². The third-order valence-corrected chi connectivity index (χ3v) is 15.4. The molecule has 71 heavy (non-hydrogen) atoms. The number of nitrogens with zero attached hydrogens (tertiary/aromatic N) is 1. The average Bonchev–Trinajstić information content (AvgIpc) is 3.88. The zero-order valence-electron chi connectivity index (χ0n) is 39.9. The number of fused-ring (bicyclic) bond motifs is 6. The van der Waals surface area contributed by atoms with Crippen molar-refractivity contribution in [3.63, 3.8) is 0 Å². The highest BCUT2D eigenvalue weighted by Crippen LogP contribution is 2.60. The van der Waals surface area contributed by atoms with Crippen molar-refractivity contribution in [2.24, 2.45) is 0 Å². The van der Waals surface area contributed by atoms with Gasteiger partial charge in [0.05, 0.1) is 16.8 Å². The van der Waals surface area contributed by atoms with Gasteiger partial charge in [0, 0.05) is 22.2 Å². The minimum absolute atomic E-state index is 0.0714. The van der Waals surface area contributed by atoms with Crippen LogP contribution in [0.3, 0.4) is 0 Å². The molecule has 0 spiro atoms. The molecule has 11 aromatic rings. The smallest absolute Gasteiger partial charge is 0.0714 e. The Balaban J connectivity index is 1.12. The second-order valence-corrected chi connectivity index (χ2v) is 19.5. The van der Waals surface area contributed by atoms with Crippen LogP contribution in [0.15, 0.2) is 273 Å². The molecule has 336 valence electrons. The number of rotatable bonds is 9. The molecule has 0 amide bonds. The summed E-state index contributed by atoms with van der Waals surface area (Å²) < 4.78 is 0. The molecule has 1 nitrogen and oxygen atoms in total. The number of benzene rings is 11. The molecule has 0 aliphatic heterocycles. The van der Waals surface area contributed by atoms with Crippen LogP contribution in [0.1, 0.15) is 47.2 Å². The van der Waals surface area contributed by atoms with Crippen molar-refractivity contribution >= 4 is 17.1 Å². The summed E-state index contributed by atoms with van der Waals surface area (Å²) in [6.07, 6.45) is 0. The molecular weight excluding hydrogens is 855 g/mol. The van der Waals surface area contributed by atoms with Crippen molar-refractivity contribution < 1.29 is 0 Å². The monoisotopic (exact) mass is 905 g/mol. The summed E-state index contributed by atoms with van der Waals surface area (Å²) in [5.41, 5.74) is 24.9. The Bertz CT molecular complexity index is 3740. The molecule has 0 heterocycles. The van der Waals surface area contributed by atoms with Crippen LogP contribution in [0, 0.1) is 0 Å². The Morgan fingerprint density at radius 3 is 1.39 bits per heavy atom. The van der Waals surface area contributed by atoms with Crippen LogP contribution >= 0.6 is 0 Å². The van der Waals surface area contributed by atoms with E-state index in [0.717, 1.165) is 22.6 Å². The summed E-state index contributed by atoms with van der Waals surface area (Å²) in [7, 11) is 0. The lowest BCUT2D eigenvalue weighted by Gasteiger charge is -2.35. The molecule has 11 aromatic carbocycles. The highest BCUT2D eigenvalue weighted by Gasteiger charge is 2.47. The van der Waals surface area contributed by atoms with Gasteiger partial charge < -0.3 is 4.90 Å². The van der Waals surface area contributed by atoms with Crippen LogP contribution in [-0.2, 0) is 10.8 Å². The lowest BCUT2D eigenvalue weighted by molar-refractivity contribution is 0.660. The van der Waals surface area contributed by atoms with Crippen LogP contribution in [-0.4, -0.2) is 0 Å². The van der Waals surface area contributed by atoms with E-state index in [9.17, 15) is 0 Å². The highest BCUT2D eigenvalue weighted by molar-refractivity contribution is 6.04. The van der Waals surface area contributed by atoms with Crippen LogP contribution in [0.4, 0.5) is 17.1 Å². The molecule has 0 radical (unpaired) electrons. The first-order valence-electron chi connectivity index (χ1n) is 24.8. The standard InChI is InChI=1S/C70H51N/c1-69(2)61-39-19-17-35-57(61)60-47-51(44-45-62(60)69)50-28-21-33-54(46-50)71(65-42-22-38-56(49-26-9-4-10-27-49)67(65)58-36-16-15-34-55(58)48-24-7-3-8-25-48)66-43-23-41-64-68(66)59-37-18-20-40-63(59)70(64,52-29-11-5-12-30-52)53-31-13-6-14-32-53/h3-47H,1-2H3. The Hall–Kier alpha value is -8.78. The largest absolute Gasteiger partial charge is 0.309 e. The van der Waals surface area contributed by atoms with E-state index in [2.05, 4.69) is 292 Å². The fraction of sp³-hybridized carbons (Fsp3) is 0.0571. The van der Waals surface area contributed by atoms with Crippen LogP contribution in [0.2, 0.25) is 0 Å². The molecule has 0 bridgehead atoms. The molecule has 0 unspecified atom stereocenters. The van der Waals surface area contributed by atoms with Gasteiger partial charge in [-0.3, -0.25) is 0 Å². The first-order chi connectivity index (χ1) is 35.0. The van der Waals surface area contributed by atoms with Gasteiger partial charge in [-0.15, -0.1) is 0 Å². The van der Waals surface area contributed by atoms with Crippen LogP contribution in [0.5, 0.6) is 0 Å². The van der Waals surface area contributed by atoms with Crippen LogP contribution < -0.4 is 4.90 Å². The normalized spacial score (nSPS) is 13.4. The molecule has 2 aliphatic rings. The van der Waals surface area contributed by atoms with Crippen molar-refractivity contribution in [1.82, 2.24) is 0 Å². The van der Waals surface area contributed by atoms with Crippen molar-refractivity contribution in [2.45, 2.75) is 24.7 Å². The first-order valence-corrected chi connectivity index (χ1v) is 24.8. The molecule has 2 aliphatic carbocycles. The van der Waals surface area contributed by atoms with Gasteiger partial charge in [0.2, 0.25) is 0 Å². The van der Waals surface area contributed by atoms with E-state index in [-0.39, 0.29) is 5.41 Å². The number of anilines is 3. The summed E-state index contributed by atoms with van der Waals surface area (Å²) >= 11 is 0. The maximum Gasteiger partial charge on any atom is 0.0714 e. The van der Waals surface area contributed by atoms with Gasteiger partial charge >= 0.3 is 0 Å². The van der Waals surface area contributed by atoms with Gasteiger partial charge in [0.25, 0.3) is 0 Å². The van der Waals surface area contributed by atoms with Crippen molar-refractivity contribution in [3.8, 4) is 66.8 Å². The Morgan fingerprint density at radius 1 is 0.268 bits per heavy atom. The van der Waals surface area contributed by atoms with E-state index in [1.807, 2.05) is 0 Å². The van der Waals surface area contributed by atoms with E-state index in [1.165, 1.54) is 94.6 Å². The SMILES string of the molecule is CC1(C)c2ccccc2-c2cc(-c3cccc(N(c4cccc(-c5ccccc5)c4-c4ccccc4-c4ccccc4)c4cccc5c4-c4ccccc4C5(c4ccccc4)c4ccccc4)c3)ccc21. The van der Waals surface area contributed by atoms with Crippen LogP contribution in [0.25, 0.3) is 66.8 Å².